The lowest BCUT2D eigenvalue weighted by Gasteiger charge is -2.01. The largest absolute Gasteiger partial charge is 0.488 e. The summed E-state index contributed by atoms with van der Waals surface area (Å²) in [7, 11) is 2.51. The Morgan fingerprint density at radius 1 is 1.27 bits per heavy atom. The Hall–Kier alpha value is -3.18. The summed E-state index contributed by atoms with van der Waals surface area (Å²) in [5.41, 5.74) is 1.22. The van der Waals surface area contributed by atoms with E-state index in [1.807, 2.05) is 0 Å². The van der Waals surface area contributed by atoms with Crippen molar-refractivity contribution in [1.29, 1.82) is 0 Å². The maximum absolute atomic E-state index is 10.8. The molecule has 1 rings (SSSR count). The van der Waals surface area contributed by atoms with E-state index in [1.54, 1.807) is 38.1 Å². The average molecular weight is 357 g/mol. The van der Waals surface area contributed by atoms with E-state index < -0.39 is 12.2 Å². The minimum atomic E-state index is -1.47. The maximum Gasteiger partial charge on any atom is 0.488 e. The first-order chi connectivity index (χ1) is 12.3. The number of rotatable bonds is 4. The van der Waals surface area contributed by atoms with E-state index in [0.29, 0.717) is 11.9 Å². The van der Waals surface area contributed by atoms with Gasteiger partial charge < -0.3 is 14.8 Å². The second kappa shape index (κ2) is 16.7. The quantitative estimate of drug-likeness (QED) is 0.347. The molecule has 0 saturated heterocycles. The SMILES string of the molecule is CC#CC#CC#CC.CC(=O)Cc1cccc(B(O)O)c1.[B]O[N+](=O)[O-].[HH].[HH]. The molecule has 0 amide bonds. The molecule has 1 aromatic carbocycles. The second-order valence-electron chi connectivity index (χ2n) is 4.33. The van der Waals surface area contributed by atoms with Crippen LogP contribution in [0.25, 0.3) is 0 Å². The van der Waals surface area contributed by atoms with Crippen molar-refractivity contribution in [2.24, 2.45) is 0 Å². The van der Waals surface area contributed by atoms with Crippen LogP contribution in [0.4, 0.5) is 0 Å². The minimum absolute atomic E-state index is 0. The molecule has 0 unspecified atom stereocenters. The molecule has 7 nitrogen and oxygen atoms in total. The lowest BCUT2D eigenvalue weighted by atomic mass is 9.79. The van der Waals surface area contributed by atoms with E-state index in [2.05, 4.69) is 48.3 Å². The van der Waals surface area contributed by atoms with Gasteiger partial charge in [-0.1, -0.05) is 36.1 Å². The fourth-order valence-electron chi connectivity index (χ4n) is 1.34. The third kappa shape index (κ3) is 17.2. The van der Waals surface area contributed by atoms with Crippen LogP contribution in [0.1, 0.15) is 29.2 Å². The third-order valence-electron chi connectivity index (χ3n) is 2.23. The molecule has 136 valence electrons. The fraction of sp³-hybridized carbons (Fsp3) is 0.235. The van der Waals surface area contributed by atoms with Gasteiger partial charge in [-0.15, -0.1) is 10.1 Å². The van der Waals surface area contributed by atoms with Gasteiger partial charge >= 0.3 is 15.2 Å². The van der Waals surface area contributed by atoms with E-state index >= 15 is 0 Å². The summed E-state index contributed by atoms with van der Waals surface area (Å²) in [6.45, 7) is 4.99. The van der Waals surface area contributed by atoms with Gasteiger partial charge in [0.05, 0.1) is 0 Å². The van der Waals surface area contributed by atoms with Gasteiger partial charge in [-0.25, -0.2) is 0 Å². The van der Waals surface area contributed by atoms with Crippen molar-refractivity contribution in [2.75, 3.05) is 0 Å². The Morgan fingerprint density at radius 3 is 2.12 bits per heavy atom. The molecule has 2 N–H and O–H groups in total. The van der Waals surface area contributed by atoms with E-state index in [-0.39, 0.29) is 8.64 Å². The summed E-state index contributed by atoms with van der Waals surface area (Å²) in [6.07, 6.45) is 0.334. The Kier molecular flexibility index (Phi) is 16.1. The first kappa shape index (κ1) is 25.1. The number of nitrogens with zero attached hydrogens (tertiary/aromatic N) is 1. The molecule has 1 aromatic rings. The van der Waals surface area contributed by atoms with Crippen molar-refractivity contribution in [3.05, 3.63) is 39.9 Å². The van der Waals surface area contributed by atoms with Crippen LogP contribution in [0.15, 0.2) is 24.3 Å². The van der Waals surface area contributed by atoms with Gasteiger partial charge in [0.15, 0.2) is 0 Å². The highest BCUT2D eigenvalue weighted by molar-refractivity contribution is 6.58. The molecule has 0 bridgehead atoms. The van der Waals surface area contributed by atoms with Gasteiger partial charge in [-0.05, 0) is 55.5 Å². The van der Waals surface area contributed by atoms with Crippen molar-refractivity contribution in [3.63, 3.8) is 0 Å². The van der Waals surface area contributed by atoms with Crippen molar-refractivity contribution < 1.29 is 27.5 Å². The number of carbonyl (C=O) groups excluding carboxylic acids is 1. The summed E-state index contributed by atoms with van der Waals surface area (Å²) >= 11 is 0. The molecule has 0 atom stereocenters. The smallest absolute Gasteiger partial charge is 0.423 e. The highest BCUT2D eigenvalue weighted by atomic mass is 16.9. The predicted molar refractivity (Wildman–Crippen MR) is 103 cm³/mol. The highest BCUT2D eigenvalue weighted by Crippen LogP contribution is 1.98. The summed E-state index contributed by atoms with van der Waals surface area (Å²) in [6, 6.07) is 6.71. The van der Waals surface area contributed by atoms with Crippen LogP contribution in [0.3, 0.4) is 0 Å². The maximum atomic E-state index is 10.8. The molecular weight excluding hydrogens is 336 g/mol. The standard InChI is InChI=1S/C9H11BO3.C8H6.BNO3.2H2/c1-7(11)5-8-3-2-4-9(6-8)10(12)13;1-3-5-7-8-6-4-2;1-5-2(3)4;;/h2-4,6,12-13H,5H2,1H3;1-2H3;;2*1H. The van der Waals surface area contributed by atoms with Crippen LogP contribution < -0.4 is 5.46 Å². The Bertz CT molecular complexity index is 747. The molecule has 0 aliphatic heterocycles. The zero-order valence-corrected chi connectivity index (χ0v) is 14.6. The number of hydrogen-bond acceptors (Lipinski definition) is 6. The third-order valence-corrected chi connectivity index (χ3v) is 2.23. The highest BCUT2D eigenvalue weighted by Gasteiger charge is 2.10. The molecule has 26 heavy (non-hydrogen) atoms. The molecule has 0 heterocycles. The zero-order chi connectivity index (χ0) is 20.4. The monoisotopic (exact) mass is 357 g/mol. The first-order valence-corrected chi connectivity index (χ1v) is 7.07. The van der Waals surface area contributed by atoms with Gasteiger partial charge in [-0.2, -0.15) is 0 Å². The van der Waals surface area contributed by atoms with Crippen LogP contribution in [0.5, 0.6) is 0 Å². The summed E-state index contributed by atoms with van der Waals surface area (Å²) in [4.78, 5) is 19.6. The number of carbonyl (C=O) groups is 1. The summed E-state index contributed by atoms with van der Waals surface area (Å²) in [5, 5.41) is 25.4. The molecule has 0 aromatic heterocycles. The first-order valence-electron chi connectivity index (χ1n) is 7.07. The van der Waals surface area contributed by atoms with Crippen LogP contribution in [-0.2, 0) is 16.0 Å². The number of hydrogen-bond donors (Lipinski definition) is 2. The molecule has 0 saturated carbocycles. The Balaban J connectivity index is -0.000000167. The van der Waals surface area contributed by atoms with Crippen LogP contribution in [0.2, 0.25) is 0 Å². The molecule has 0 fully saturated rings. The van der Waals surface area contributed by atoms with Gasteiger partial charge in [0, 0.05) is 9.27 Å². The second-order valence-corrected chi connectivity index (χ2v) is 4.33. The molecule has 9 heteroatoms. The Morgan fingerprint density at radius 2 is 1.77 bits per heavy atom. The van der Waals surface area contributed by atoms with Gasteiger partial charge in [0.1, 0.15) is 5.78 Å². The van der Waals surface area contributed by atoms with Gasteiger partial charge in [0.2, 0.25) is 0 Å². The zero-order valence-electron chi connectivity index (χ0n) is 14.6. The van der Waals surface area contributed by atoms with Crippen molar-refractivity contribution in [1.82, 2.24) is 0 Å². The molecule has 2 radical (unpaired) electrons. The van der Waals surface area contributed by atoms with Crippen LogP contribution in [0, 0.1) is 45.6 Å². The number of ketones is 1. The van der Waals surface area contributed by atoms with Crippen molar-refractivity contribution in [2.45, 2.75) is 27.2 Å². The lowest BCUT2D eigenvalue weighted by Crippen LogP contribution is -2.29. The summed E-state index contributed by atoms with van der Waals surface area (Å²) in [5.74, 6) is 15.6. The average Bonchev–Trinajstić information content (AvgIpc) is 2.59. The molecule has 0 spiro atoms. The van der Waals surface area contributed by atoms with Crippen LogP contribution in [-0.4, -0.2) is 36.1 Å². The van der Waals surface area contributed by atoms with E-state index in [1.165, 1.54) is 6.92 Å². The van der Waals surface area contributed by atoms with Crippen molar-refractivity contribution in [3.8, 4) is 35.5 Å². The number of Topliss-reactive ketones (excluding diaryl/α,β-unsaturated/α-hetero) is 1. The minimum Gasteiger partial charge on any atom is -0.423 e. The lowest BCUT2D eigenvalue weighted by molar-refractivity contribution is -0.714. The molecule has 0 aliphatic rings. The molecule has 0 aliphatic carbocycles. The van der Waals surface area contributed by atoms with E-state index in [0.717, 1.165) is 5.56 Å². The normalized spacial score (nSPS) is 7.27. The summed E-state index contributed by atoms with van der Waals surface area (Å²) < 4.78 is 2.97. The van der Waals surface area contributed by atoms with E-state index in [9.17, 15) is 4.79 Å². The number of benzene rings is 1. The van der Waals surface area contributed by atoms with Gasteiger partial charge in [0.25, 0.3) is 5.09 Å². The molecular formula is C17H21B2NO6. The van der Waals surface area contributed by atoms with Gasteiger partial charge in [-0.3, -0.25) is 4.79 Å². The predicted octanol–water partition coefficient (Wildman–Crippen LogP) is 0.305. The van der Waals surface area contributed by atoms with Crippen molar-refractivity contribution >= 4 is 26.4 Å². The van der Waals surface area contributed by atoms with E-state index in [4.69, 9.17) is 20.2 Å². The Labute approximate surface area is 157 Å². The topological polar surface area (TPSA) is 110 Å². The fourth-order valence-corrected chi connectivity index (χ4v) is 1.34. The van der Waals surface area contributed by atoms with Crippen LogP contribution >= 0.6 is 0 Å².